The second kappa shape index (κ2) is 7.09. The van der Waals surface area contributed by atoms with Crippen molar-refractivity contribution in [2.24, 2.45) is 0 Å². The molecule has 0 bridgehead atoms. The molecule has 1 aromatic heterocycles. The lowest BCUT2D eigenvalue weighted by Gasteiger charge is -2.11. The third-order valence-electron chi connectivity index (χ3n) is 2.79. The largest absolute Gasteiger partial charge is 0.388 e. The van der Waals surface area contributed by atoms with Gasteiger partial charge in [0.25, 0.3) is 5.91 Å². The molecule has 2 rings (SSSR count). The van der Waals surface area contributed by atoms with Crippen molar-refractivity contribution in [1.29, 1.82) is 0 Å². The van der Waals surface area contributed by atoms with Gasteiger partial charge in [-0.05, 0) is 18.1 Å². The number of thiophene rings is 1. The predicted molar refractivity (Wildman–Crippen MR) is 82.7 cm³/mol. The minimum absolute atomic E-state index is 0.279. The highest BCUT2D eigenvalue weighted by atomic mass is 35.5. The van der Waals surface area contributed by atoms with E-state index in [1.54, 1.807) is 0 Å². The maximum absolute atomic E-state index is 11.9. The Morgan fingerprint density at radius 1 is 1.30 bits per heavy atom. The summed E-state index contributed by atoms with van der Waals surface area (Å²) in [6.45, 7) is 0.360. The van der Waals surface area contributed by atoms with Gasteiger partial charge >= 0.3 is 0 Å². The zero-order valence-electron chi connectivity index (χ0n) is 10.5. The summed E-state index contributed by atoms with van der Waals surface area (Å²) in [6, 6.07) is 10.9. The molecule has 106 valence electrons. The number of hydrogen-bond donors (Lipinski definition) is 2. The van der Waals surface area contributed by atoms with Crippen LogP contribution in [-0.2, 0) is 0 Å². The number of rotatable bonds is 5. The van der Waals surface area contributed by atoms with Gasteiger partial charge in [0.15, 0.2) is 0 Å². The quantitative estimate of drug-likeness (QED) is 0.873. The molecule has 2 aromatic rings. The van der Waals surface area contributed by atoms with Crippen LogP contribution in [-0.4, -0.2) is 17.6 Å². The van der Waals surface area contributed by atoms with Crippen molar-refractivity contribution in [3.63, 3.8) is 0 Å². The Labute approximate surface area is 131 Å². The van der Waals surface area contributed by atoms with Crippen LogP contribution < -0.4 is 5.32 Å². The fraction of sp³-hybridized carbons (Fsp3) is 0.214. The summed E-state index contributed by atoms with van der Waals surface area (Å²) in [5, 5.41) is 12.7. The third kappa shape index (κ3) is 3.96. The number of aliphatic hydroxyl groups excluding tert-OH is 1. The van der Waals surface area contributed by atoms with Gasteiger partial charge in [0.1, 0.15) is 4.34 Å². The molecule has 0 aliphatic rings. The van der Waals surface area contributed by atoms with Crippen LogP contribution in [0.25, 0.3) is 0 Å². The fourth-order valence-electron chi connectivity index (χ4n) is 1.75. The van der Waals surface area contributed by atoms with Gasteiger partial charge < -0.3 is 10.4 Å². The number of carbonyl (C=O) groups excluding carboxylic acids is 1. The van der Waals surface area contributed by atoms with Crippen LogP contribution in [0.4, 0.5) is 0 Å². The minimum atomic E-state index is -0.599. The van der Waals surface area contributed by atoms with Gasteiger partial charge in [-0.25, -0.2) is 0 Å². The maximum atomic E-state index is 11.9. The Morgan fingerprint density at radius 3 is 2.60 bits per heavy atom. The summed E-state index contributed by atoms with van der Waals surface area (Å²) in [5.41, 5.74) is 1.20. The lowest BCUT2D eigenvalue weighted by atomic mass is 10.1. The van der Waals surface area contributed by atoms with Gasteiger partial charge in [0.05, 0.1) is 16.0 Å². The molecule has 1 amide bonds. The van der Waals surface area contributed by atoms with E-state index < -0.39 is 6.10 Å². The smallest absolute Gasteiger partial charge is 0.253 e. The van der Waals surface area contributed by atoms with Crippen LogP contribution in [0.15, 0.2) is 36.4 Å². The Morgan fingerprint density at radius 2 is 2.00 bits per heavy atom. The van der Waals surface area contributed by atoms with Crippen molar-refractivity contribution in [1.82, 2.24) is 5.32 Å². The highest BCUT2D eigenvalue weighted by Gasteiger charge is 2.14. The van der Waals surface area contributed by atoms with E-state index in [-0.39, 0.29) is 5.91 Å². The molecular weight excluding hydrogens is 317 g/mol. The summed E-state index contributed by atoms with van der Waals surface area (Å²) in [7, 11) is 0. The second-order valence-electron chi connectivity index (χ2n) is 4.21. The highest BCUT2D eigenvalue weighted by molar-refractivity contribution is 7.20. The molecule has 3 nitrogen and oxygen atoms in total. The third-order valence-corrected chi connectivity index (χ3v) is 4.28. The average Bonchev–Trinajstić information content (AvgIpc) is 2.78. The number of nitrogens with one attached hydrogen (secondary N) is 1. The van der Waals surface area contributed by atoms with Gasteiger partial charge in [0, 0.05) is 6.54 Å². The molecule has 0 saturated carbocycles. The number of benzene rings is 1. The monoisotopic (exact) mass is 329 g/mol. The topological polar surface area (TPSA) is 49.3 Å². The average molecular weight is 330 g/mol. The Bertz CT molecular complexity index is 586. The molecule has 0 saturated heterocycles. The number of hydrogen-bond acceptors (Lipinski definition) is 3. The molecule has 0 spiro atoms. The molecule has 1 heterocycles. The normalized spacial score (nSPS) is 12.2. The summed E-state index contributed by atoms with van der Waals surface area (Å²) < 4.78 is 0.848. The first-order chi connectivity index (χ1) is 9.58. The number of amides is 1. The summed E-state index contributed by atoms with van der Waals surface area (Å²) in [4.78, 5) is 11.9. The van der Waals surface area contributed by atoms with Crippen molar-refractivity contribution in [3.8, 4) is 0 Å². The molecule has 0 aliphatic heterocycles. The minimum Gasteiger partial charge on any atom is -0.388 e. The Balaban J connectivity index is 1.84. The zero-order valence-corrected chi connectivity index (χ0v) is 12.8. The molecule has 1 unspecified atom stereocenters. The number of carbonyl (C=O) groups is 1. The molecule has 0 radical (unpaired) electrons. The van der Waals surface area contributed by atoms with Crippen molar-refractivity contribution in [2.75, 3.05) is 6.54 Å². The zero-order chi connectivity index (χ0) is 14.5. The molecular formula is C14H13Cl2NO2S. The Hall–Kier alpha value is -1.07. The summed E-state index contributed by atoms with van der Waals surface area (Å²) in [6.07, 6.45) is -0.163. The SMILES string of the molecule is O=C(NCCC(O)c1ccccc1)c1cc(Cl)sc1Cl. The van der Waals surface area contributed by atoms with Crippen LogP contribution in [0.1, 0.15) is 28.4 Å². The lowest BCUT2D eigenvalue weighted by molar-refractivity contribution is 0.0943. The summed E-state index contributed by atoms with van der Waals surface area (Å²) >= 11 is 12.8. The molecule has 2 N–H and O–H groups in total. The summed E-state index contributed by atoms with van der Waals surface area (Å²) in [5.74, 6) is -0.279. The van der Waals surface area contributed by atoms with Gasteiger partial charge in [0.2, 0.25) is 0 Å². The van der Waals surface area contributed by atoms with E-state index in [0.29, 0.717) is 27.2 Å². The van der Waals surface area contributed by atoms with E-state index in [4.69, 9.17) is 23.2 Å². The van der Waals surface area contributed by atoms with Gasteiger partial charge in [-0.1, -0.05) is 53.5 Å². The van der Waals surface area contributed by atoms with Crippen molar-refractivity contribution in [2.45, 2.75) is 12.5 Å². The maximum Gasteiger partial charge on any atom is 0.253 e. The molecule has 0 aliphatic carbocycles. The molecule has 1 atom stereocenters. The molecule has 20 heavy (non-hydrogen) atoms. The van der Waals surface area contributed by atoms with E-state index in [1.807, 2.05) is 30.3 Å². The first kappa shape index (κ1) is 15.3. The van der Waals surface area contributed by atoms with Crippen molar-refractivity contribution < 1.29 is 9.90 Å². The van der Waals surface area contributed by atoms with E-state index in [1.165, 1.54) is 6.07 Å². The van der Waals surface area contributed by atoms with Crippen molar-refractivity contribution in [3.05, 3.63) is 56.2 Å². The van der Waals surface area contributed by atoms with E-state index >= 15 is 0 Å². The molecule has 1 aromatic carbocycles. The van der Waals surface area contributed by atoms with Crippen LogP contribution in [0.2, 0.25) is 8.67 Å². The standard InChI is InChI=1S/C14H13Cl2NO2S/c15-12-8-10(13(16)20-12)14(19)17-7-6-11(18)9-4-2-1-3-5-9/h1-5,8,11,18H,6-7H2,(H,17,19). The van der Waals surface area contributed by atoms with Crippen LogP contribution in [0, 0.1) is 0 Å². The fourth-order valence-corrected chi connectivity index (χ4v) is 3.21. The van der Waals surface area contributed by atoms with E-state index in [0.717, 1.165) is 16.9 Å². The predicted octanol–water partition coefficient (Wildman–Crippen LogP) is 3.91. The van der Waals surface area contributed by atoms with Crippen LogP contribution >= 0.6 is 34.5 Å². The first-order valence-electron chi connectivity index (χ1n) is 6.04. The van der Waals surface area contributed by atoms with Crippen LogP contribution in [0.3, 0.4) is 0 Å². The molecule has 0 fully saturated rings. The second-order valence-corrected chi connectivity index (χ2v) is 6.49. The first-order valence-corrected chi connectivity index (χ1v) is 7.61. The highest BCUT2D eigenvalue weighted by Crippen LogP contribution is 2.30. The number of aliphatic hydroxyl groups is 1. The number of halogens is 2. The van der Waals surface area contributed by atoms with Crippen molar-refractivity contribution >= 4 is 40.4 Å². The van der Waals surface area contributed by atoms with Gasteiger partial charge in [-0.3, -0.25) is 4.79 Å². The van der Waals surface area contributed by atoms with Crippen LogP contribution in [0.5, 0.6) is 0 Å². The van der Waals surface area contributed by atoms with Gasteiger partial charge in [-0.15, -0.1) is 11.3 Å². The Kier molecular flexibility index (Phi) is 5.43. The van der Waals surface area contributed by atoms with E-state index in [2.05, 4.69) is 5.32 Å². The van der Waals surface area contributed by atoms with E-state index in [9.17, 15) is 9.90 Å². The lowest BCUT2D eigenvalue weighted by Crippen LogP contribution is -2.25. The van der Waals surface area contributed by atoms with Gasteiger partial charge in [-0.2, -0.15) is 0 Å². The molecule has 6 heteroatoms.